The minimum Gasteiger partial charge on any atom is -0.457 e. The van der Waals surface area contributed by atoms with Gasteiger partial charge in [-0.2, -0.15) is 5.10 Å². The van der Waals surface area contributed by atoms with Gasteiger partial charge in [0.05, 0.1) is 11.2 Å². The average Bonchev–Trinajstić information content (AvgIpc) is 3.32. The SMILES string of the molecule is Cc1cc(NC(O)c2[nH]nc3ccc(-c4cncc(CN5CCC5)c4)cc23)ccc1Oc1cccc(F)c1. The van der Waals surface area contributed by atoms with E-state index in [-0.39, 0.29) is 5.82 Å². The molecule has 0 amide bonds. The lowest BCUT2D eigenvalue weighted by atomic mass is 10.0. The second kappa shape index (κ2) is 10.2. The van der Waals surface area contributed by atoms with Crippen LogP contribution in [0, 0.1) is 12.7 Å². The lowest BCUT2D eigenvalue weighted by Crippen LogP contribution is -2.36. The number of aromatic amines is 1. The number of H-pyrrole nitrogens is 1. The zero-order valence-electron chi connectivity index (χ0n) is 21.0. The van der Waals surface area contributed by atoms with Gasteiger partial charge in [-0.15, -0.1) is 0 Å². The Bertz CT molecular complexity index is 1600. The third-order valence-electron chi connectivity index (χ3n) is 6.84. The monoisotopic (exact) mass is 509 g/mol. The van der Waals surface area contributed by atoms with Crippen LogP contribution in [0.15, 0.2) is 79.1 Å². The van der Waals surface area contributed by atoms with E-state index in [9.17, 15) is 9.50 Å². The zero-order valence-corrected chi connectivity index (χ0v) is 21.0. The Labute approximate surface area is 219 Å². The van der Waals surface area contributed by atoms with E-state index in [4.69, 9.17) is 4.74 Å². The van der Waals surface area contributed by atoms with Crippen LogP contribution < -0.4 is 10.1 Å². The van der Waals surface area contributed by atoms with Crippen molar-refractivity contribution in [2.45, 2.75) is 26.1 Å². The Hall–Kier alpha value is -4.27. The third-order valence-corrected chi connectivity index (χ3v) is 6.84. The van der Waals surface area contributed by atoms with Crippen LogP contribution in [0.1, 0.15) is 29.5 Å². The number of aryl methyl sites for hydroxylation is 1. The molecule has 1 unspecified atom stereocenters. The summed E-state index contributed by atoms with van der Waals surface area (Å²) in [4.78, 5) is 6.86. The predicted molar refractivity (Wildman–Crippen MR) is 145 cm³/mol. The van der Waals surface area contributed by atoms with Crippen molar-refractivity contribution < 1.29 is 14.2 Å². The first-order valence-electron chi connectivity index (χ1n) is 12.7. The number of ether oxygens (including phenoxy) is 1. The molecule has 0 radical (unpaired) electrons. The van der Waals surface area contributed by atoms with Gasteiger partial charge < -0.3 is 15.2 Å². The summed E-state index contributed by atoms with van der Waals surface area (Å²) in [6.45, 7) is 5.09. The van der Waals surface area contributed by atoms with E-state index in [2.05, 4.69) is 31.5 Å². The molecular weight excluding hydrogens is 481 g/mol. The Balaban J connectivity index is 1.20. The van der Waals surface area contributed by atoms with E-state index in [1.54, 1.807) is 18.2 Å². The second-order valence-corrected chi connectivity index (χ2v) is 9.67. The number of hydrogen-bond donors (Lipinski definition) is 3. The number of hydrogen-bond acceptors (Lipinski definition) is 6. The van der Waals surface area contributed by atoms with Crippen molar-refractivity contribution in [2.75, 3.05) is 18.4 Å². The number of benzene rings is 3. The van der Waals surface area contributed by atoms with Crippen LogP contribution in [0.2, 0.25) is 0 Å². The van der Waals surface area contributed by atoms with Crippen molar-refractivity contribution in [3.05, 3.63) is 102 Å². The van der Waals surface area contributed by atoms with Crippen molar-refractivity contribution in [2.24, 2.45) is 0 Å². The molecule has 6 rings (SSSR count). The molecule has 7 nitrogen and oxygen atoms in total. The summed E-state index contributed by atoms with van der Waals surface area (Å²) in [6, 6.07) is 19.7. The summed E-state index contributed by atoms with van der Waals surface area (Å²) in [6.07, 6.45) is 4.04. The molecule has 1 aliphatic heterocycles. The summed E-state index contributed by atoms with van der Waals surface area (Å²) in [5.74, 6) is 0.680. The van der Waals surface area contributed by atoms with Crippen molar-refractivity contribution in [3.63, 3.8) is 0 Å². The van der Waals surface area contributed by atoms with Crippen molar-refractivity contribution >= 4 is 16.6 Å². The molecule has 38 heavy (non-hydrogen) atoms. The van der Waals surface area contributed by atoms with Crippen LogP contribution >= 0.6 is 0 Å². The van der Waals surface area contributed by atoms with Crippen LogP contribution in [-0.4, -0.2) is 38.3 Å². The van der Waals surface area contributed by atoms with Crippen LogP contribution in [0.4, 0.5) is 10.1 Å². The van der Waals surface area contributed by atoms with E-state index in [1.165, 1.54) is 24.1 Å². The number of nitrogens with zero attached hydrogens (tertiary/aromatic N) is 3. The van der Waals surface area contributed by atoms with Gasteiger partial charge in [-0.05, 0) is 91.7 Å². The number of pyridine rings is 1. The van der Waals surface area contributed by atoms with Gasteiger partial charge in [0.2, 0.25) is 0 Å². The molecule has 0 spiro atoms. The van der Waals surface area contributed by atoms with E-state index in [0.29, 0.717) is 22.9 Å². The van der Waals surface area contributed by atoms with Crippen LogP contribution in [0.5, 0.6) is 11.5 Å². The molecule has 1 fully saturated rings. The Kier molecular flexibility index (Phi) is 6.49. The molecular formula is C30H28FN5O2. The number of nitrogens with one attached hydrogen (secondary N) is 2. The number of aromatic nitrogens is 3. The van der Waals surface area contributed by atoms with Gasteiger partial charge in [0, 0.05) is 41.6 Å². The fourth-order valence-electron chi connectivity index (χ4n) is 4.69. The lowest BCUT2D eigenvalue weighted by molar-refractivity contribution is 0.172. The molecule has 3 heterocycles. The number of halogens is 1. The van der Waals surface area contributed by atoms with E-state index in [0.717, 1.165) is 47.2 Å². The highest BCUT2D eigenvalue weighted by Crippen LogP contribution is 2.31. The maximum absolute atomic E-state index is 13.5. The zero-order chi connectivity index (χ0) is 26.1. The van der Waals surface area contributed by atoms with Crippen molar-refractivity contribution in [3.8, 4) is 22.6 Å². The number of aliphatic hydroxyl groups is 1. The Morgan fingerprint density at radius 3 is 2.74 bits per heavy atom. The number of aliphatic hydroxyl groups excluding tert-OH is 1. The van der Waals surface area contributed by atoms with Gasteiger partial charge in [0.25, 0.3) is 0 Å². The second-order valence-electron chi connectivity index (χ2n) is 9.67. The van der Waals surface area contributed by atoms with Gasteiger partial charge in [-0.1, -0.05) is 12.1 Å². The maximum Gasteiger partial charge on any atom is 0.168 e. The van der Waals surface area contributed by atoms with E-state index >= 15 is 0 Å². The quantitative estimate of drug-likeness (QED) is 0.217. The molecule has 5 aromatic rings. The standard InChI is InChI=1S/C30H28FN5O2/c1-19-12-24(7-9-28(19)38-25-5-2-4-23(31)15-25)33-30(37)29-26-14-21(6-8-27(26)34-35-29)22-13-20(16-32-17-22)18-36-10-3-11-36/h2,4-9,12-17,30,33,37H,3,10-11,18H2,1H3,(H,34,35). The van der Waals surface area contributed by atoms with E-state index < -0.39 is 6.23 Å². The summed E-state index contributed by atoms with van der Waals surface area (Å²) in [5, 5.41) is 22.4. The summed E-state index contributed by atoms with van der Waals surface area (Å²) < 4.78 is 19.3. The highest BCUT2D eigenvalue weighted by atomic mass is 19.1. The molecule has 3 N–H and O–H groups in total. The molecule has 3 aromatic carbocycles. The summed E-state index contributed by atoms with van der Waals surface area (Å²) in [7, 11) is 0. The third kappa shape index (κ3) is 5.09. The molecule has 0 saturated carbocycles. The fourth-order valence-corrected chi connectivity index (χ4v) is 4.69. The summed E-state index contributed by atoms with van der Waals surface area (Å²) >= 11 is 0. The smallest absolute Gasteiger partial charge is 0.168 e. The maximum atomic E-state index is 13.5. The Morgan fingerprint density at radius 2 is 1.95 bits per heavy atom. The predicted octanol–water partition coefficient (Wildman–Crippen LogP) is 6.17. The first-order valence-corrected chi connectivity index (χ1v) is 12.7. The fraction of sp³-hybridized carbons (Fsp3) is 0.200. The molecule has 192 valence electrons. The minimum atomic E-state index is -1.01. The number of likely N-dealkylation sites (tertiary alicyclic amines) is 1. The number of anilines is 1. The van der Waals surface area contributed by atoms with Crippen LogP contribution in [-0.2, 0) is 6.54 Å². The molecule has 1 saturated heterocycles. The molecule has 8 heteroatoms. The largest absolute Gasteiger partial charge is 0.457 e. The average molecular weight is 510 g/mol. The number of rotatable bonds is 8. The minimum absolute atomic E-state index is 0.354. The molecule has 0 bridgehead atoms. The van der Waals surface area contributed by atoms with Crippen molar-refractivity contribution in [1.29, 1.82) is 0 Å². The number of fused-ring (bicyclic) bond motifs is 1. The van der Waals surface area contributed by atoms with Gasteiger partial charge in [0.1, 0.15) is 17.3 Å². The van der Waals surface area contributed by atoms with Crippen molar-refractivity contribution in [1.82, 2.24) is 20.1 Å². The first-order chi connectivity index (χ1) is 18.5. The molecule has 1 aliphatic rings. The highest BCUT2D eigenvalue weighted by Gasteiger charge is 2.17. The topological polar surface area (TPSA) is 86.3 Å². The molecule has 0 aliphatic carbocycles. The first kappa shape index (κ1) is 24.1. The lowest BCUT2D eigenvalue weighted by Gasteiger charge is -2.30. The Morgan fingerprint density at radius 1 is 1.05 bits per heavy atom. The van der Waals surface area contributed by atoms with Crippen LogP contribution in [0.25, 0.3) is 22.0 Å². The van der Waals surface area contributed by atoms with E-state index in [1.807, 2.05) is 49.6 Å². The molecule has 2 aromatic heterocycles. The van der Waals surface area contributed by atoms with Crippen LogP contribution in [0.3, 0.4) is 0 Å². The van der Waals surface area contributed by atoms with Gasteiger partial charge in [-0.25, -0.2) is 4.39 Å². The van der Waals surface area contributed by atoms with Gasteiger partial charge >= 0.3 is 0 Å². The van der Waals surface area contributed by atoms with Gasteiger partial charge in [-0.3, -0.25) is 15.0 Å². The highest BCUT2D eigenvalue weighted by molar-refractivity contribution is 5.87. The normalized spacial score (nSPS) is 14.3. The molecule has 1 atom stereocenters. The summed E-state index contributed by atoms with van der Waals surface area (Å²) in [5.41, 5.74) is 6.13. The van der Waals surface area contributed by atoms with Gasteiger partial charge in [0.15, 0.2) is 6.23 Å².